The van der Waals surface area contributed by atoms with Crippen LogP contribution in [0.25, 0.3) is 0 Å². The SMILES string of the molecule is CCOC(=O)/C=C(/C)O[Si]C(OCC)OCC. The molecular formula is C11H20O5Si. The van der Waals surface area contributed by atoms with E-state index >= 15 is 0 Å². The molecule has 0 aliphatic carbocycles. The largest absolute Gasteiger partial charge is 0.539 e. The Morgan fingerprint density at radius 2 is 1.76 bits per heavy atom. The van der Waals surface area contributed by atoms with Crippen LogP contribution in [-0.4, -0.2) is 41.5 Å². The highest BCUT2D eigenvalue weighted by Crippen LogP contribution is 2.00. The lowest BCUT2D eigenvalue weighted by atomic mass is 10.5. The molecule has 0 aromatic heterocycles. The maximum atomic E-state index is 11.1. The number of rotatable bonds is 9. The monoisotopic (exact) mass is 260 g/mol. The number of carbonyl (C=O) groups excluding carboxylic acids is 1. The highest BCUT2D eigenvalue weighted by Gasteiger charge is 2.13. The Kier molecular flexibility index (Phi) is 9.79. The van der Waals surface area contributed by atoms with Crippen molar-refractivity contribution >= 4 is 15.7 Å². The molecule has 0 atom stereocenters. The predicted molar refractivity (Wildman–Crippen MR) is 64.3 cm³/mol. The summed E-state index contributed by atoms with van der Waals surface area (Å²) in [4.78, 5) is 11.1. The molecule has 98 valence electrons. The van der Waals surface area contributed by atoms with E-state index in [9.17, 15) is 4.79 Å². The molecule has 17 heavy (non-hydrogen) atoms. The minimum Gasteiger partial charge on any atom is -0.539 e. The second-order valence-corrected chi connectivity index (χ2v) is 3.88. The molecule has 0 amide bonds. The summed E-state index contributed by atoms with van der Waals surface area (Å²) in [6, 6.07) is 0. The first-order chi connectivity index (χ1) is 8.13. The van der Waals surface area contributed by atoms with Crippen LogP contribution in [0.4, 0.5) is 0 Å². The van der Waals surface area contributed by atoms with E-state index in [1.54, 1.807) is 13.8 Å². The Hall–Kier alpha value is -0.853. The van der Waals surface area contributed by atoms with Gasteiger partial charge < -0.3 is 18.6 Å². The Bertz CT molecular complexity index is 236. The van der Waals surface area contributed by atoms with Crippen molar-refractivity contribution < 1.29 is 23.4 Å². The van der Waals surface area contributed by atoms with E-state index in [-0.39, 0.29) is 15.7 Å². The van der Waals surface area contributed by atoms with Crippen molar-refractivity contribution in [2.45, 2.75) is 33.6 Å². The van der Waals surface area contributed by atoms with Gasteiger partial charge >= 0.3 is 15.7 Å². The van der Waals surface area contributed by atoms with Gasteiger partial charge in [-0.1, -0.05) is 0 Å². The Morgan fingerprint density at radius 1 is 1.18 bits per heavy atom. The van der Waals surface area contributed by atoms with E-state index in [1.807, 2.05) is 13.8 Å². The van der Waals surface area contributed by atoms with Crippen molar-refractivity contribution in [2.24, 2.45) is 0 Å². The molecule has 0 aliphatic rings. The lowest BCUT2D eigenvalue weighted by Gasteiger charge is -2.15. The van der Waals surface area contributed by atoms with Crippen LogP contribution in [0.1, 0.15) is 27.7 Å². The van der Waals surface area contributed by atoms with Gasteiger partial charge in [-0.2, -0.15) is 0 Å². The number of hydrogen-bond acceptors (Lipinski definition) is 5. The smallest absolute Gasteiger partial charge is 0.376 e. The highest BCUT2D eigenvalue weighted by molar-refractivity contribution is 6.28. The fourth-order valence-electron chi connectivity index (χ4n) is 0.939. The fraction of sp³-hybridized carbons (Fsp3) is 0.727. The summed E-state index contributed by atoms with van der Waals surface area (Å²) in [6.45, 7) is 8.69. The predicted octanol–water partition coefficient (Wildman–Crippen LogP) is 1.45. The van der Waals surface area contributed by atoms with Gasteiger partial charge in [0.05, 0.1) is 18.4 Å². The van der Waals surface area contributed by atoms with E-state index in [2.05, 4.69) is 0 Å². The van der Waals surface area contributed by atoms with Crippen molar-refractivity contribution in [3.8, 4) is 0 Å². The summed E-state index contributed by atoms with van der Waals surface area (Å²) >= 11 is 0. The van der Waals surface area contributed by atoms with Gasteiger partial charge in [0, 0.05) is 13.2 Å². The van der Waals surface area contributed by atoms with Gasteiger partial charge in [-0.25, -0.2) is 4.79 Å². The lowest BCUT2D eigenvalue weighted by molar-refractivity contribution is -0.137. The van der Waals surface area contributed by atoms with Gasteiger partial charge in [-0.3, -0.25) is 0 Å². The molecule has 6 heteroatoms. The van der Waals surface area contributed by atoms with Crippen LogP contribution in [0, 0.1) is 0 Å². The number of hydrogen-bond donors (Lipinski definition) is 0. The molecule has 0 fully saturated rings. The van der Waals surface area contributed by atoms with Crippen LogP contribution in [0.15, 0.2) is 11.8 Å². The standard InChI is InChI=1S/C11H20O5Si/c1-5-13-10(12)8-9(4)16-17-11(14-6-2)15-7-3/h8,11H,5-7H2,1-4H3/b9-8-. The third-order valence-electron chi connectivity index (χ3n) is 1.56. The fourth-order valence-corrected chi connectivity index (χ4v) is 1.75. The summed E-state index contributed by atoms with van der Waals surface area (Å²) in [5.41, 5.74) is 0. The lowest BCUT2D eigenvalue weighted by Crippen LogP contribution is -2.26. The average molecular weight is 260 g/mol. The van der Waals surface area contributed by atoms with Crippen molar-refractivity contribution in [3.63, 3.8) is 0 Å². The number of carbonyl (C=O) groups is 1. The molecule has 5 nitrogen and oxygen atoms in total. The summed E-state index contributed by atoms with van der Waals surface area (Å²) < 4.78 is 20.7. The zero-order chi connectivity index (χ0) is 13.1. The third kappa shape index (κ3) is 8.90. The number of allylic oxidation sites excluding steroid dienone is 1. The van der Waals surface area contributed by atoms with E-state index in [4.69, 9.17) is 18.6 Å². The zero-order valence-corrected chi connectivity index (χ0v) is 11.8. The van der Waals surface area contributed by atoms with Gasteiger partial charge in [0.2, 0.25) is 0 Å². The molecule has 0 bridgehead atoms. The normalized spacial score (nSPS) is 11.7. The summed E-state index contributed by atoms with van der Waals surface area (Å²) in [7, 11) is -0.00160. The first-order valence-electron chi connectivity index (χ1n) is 5.64. The molecular weight excluding hydrogens is 240 g/mol. The first-order valence-corrected chi connectivity index (χ1v) is 6.63. The van der Waals surface area contributed by atoms with Gasteiger partial charge in [0.15, 0.2) is 5.91 Å². The molecule has 0 rings (SSSR count). The molecule has 0 aromatic carbocycles. The van der Waals surface area contributed by atoms with Crippen molar-refractivity contribution in [1.29, 1.82) is 0 Å². The van der Waals surface area contributed by atoms with Crippen molar-refractivity contribution in [2.75, 3.05) is 19.8 Å². The van der Waals surface area contributed by atoms with Crippen LogP contribution >= 0.6 is 0 Å². The Morgan fingerprint density at radius 3 is 2.24 bits per heavy atom. The molecule has 0 aromatic rings. The van der Waals surface area contributed by atoms with Gasteiger partial charge in [0.25, 0.3) is 0 Å². The van der Waals surface area contributed by atoms with E-state index in [1.165, 1.54) is 6.08 Å². The van der Waals surface area contributed by atoms with E-state index < -0.39 is 5.97 Å². The van der Waals surface area contributed by atoms with Crippen LogP contribution in [0.3, 0.4) is 0 Å². The minimum atomic E-state index is -0.404. The van der Waals surface area contributed by atoms with Gasteiger partial charge in [0.1, 0.15) is 0 Å². The first kappa shape index (κ1) is 16.1. The molecule has 0 spiro atoms. The quantitative estimate of drug-likeness (QED) is 0.206. The van der Waals surface area contributed by atoms with Crippen LogP contribution in [-0.2, 0) is 23.4 Å². The molecule has 0 saturated carbocycles. The number of esters is 1. The second kappa shape index (κ2) is 10.3. The molecule has 0 N–H and O–H groups in total. The third-order valence-corrected chi connectivity index (χ3v) is 2.53. The molecule has 0 saturated heterocycles. The van der Waals surface area contributed by atoms with Crippen molar-refractivity contribution in [1.82, 2.24) is 0 Å². The van der Waals surface area contributed by atoms with E-state index in [0.717, 1.165) is 0 Å². The maximum absolute atomic E-state index is 11.1. The summed E-state index contributed by atoms with van der Waals surface area (Å²) in [5, 5.41) is 0. The van der Waals surface area contributed by atoms with Crippen LogP contribution in [0.2, 0.25) is 0 Å². The maximum Gasteiger partial charge on any atom is 0.376 e. The zero-order valence-electron chi connectivity index (χ0n) is 10.8. The highest BCUT2D eigenvalue weighted by atomic mass is 28.2. The van der Waals surface area contributed by atoms with Gasteiger partial charge in [-0.15, -0.1) is 0 Å². The van der Waals surface area contributed by atoms with Gasteiger partial charge in [-0.05, 0) is 27.7 Å². The van der Waals surface area contributed by atoms with Crippen LogP contribution < -0.4 is 0 Å². The Balaban J connectivity index is 4.01. The molecule has 0 aliphatic heterocycles. The van der Waals surface area contributed by atoms with Crippen LogP contribution in [0.5, 0.6) is 0 Å². The van der Waals surface area contributed by atoms with Crippen molar-refractivity contribution in [3.05, 3.63) is 11.8 Å². The molecule has 0 heterocycles. The average Bonchev–Trinajstić information content (AvgIpc) is 2.27. The molecule has 2 radical (unpaired) electrons. The minimum absolute atomic E-state index is 0.00160. The Labute approximate surface area is 105 Å². The van der Waals surface area contributed by atoms with E-state index in [0.29, 0.717) is 25.6 Å². The summed E-state index contributed by atoms with van der Waals surface area (Å²) in [6.07, 6.45) is 1.31. The topological polar surface area (TPSA) is 54.0 Å². The number of ether oxygens (including phenoxy) is 3. The summed E-state index contributed by atoms with van der Waals surface area (Å²) in [5.74, 6) is -0.291. The molecule has 0 unspecified atom stereocenters. The second-order valence-electron chi connectivity index (χ2n) is 2.97.